The number of ether oxygens (including phenoxy) is 3. The van der Waals surface area contributed by atoms with Crippen molar-refractivity contribution in [1.82, 2.24) is 25.6 Å². The Morgan fingerprint density at radius 1 is 0.957 bits per heavy atom. The van der Waals surface area contributed by atoms with Crippen LogP contribution in [0.3, 0.4) is 0 Å². The van der Waals surface area contributed by atoms with Crippen molar-refractivity contribution in [2.75, 3.05) is 56.0 Å². The van der Waals surface area contributed by atoms with Gasteiger partial charge in [0.05, 0.1) is 25.2 Å². The molecule has 0 saturated carbocycles. The van der Waals surface area contributed by atoms with E-state index in [2.05, 4.69) is 36.2 Å². The van der Waals surface area contributed by atoms with Crippen LogP contribution in [0, 0.1) is 10.8 Å². The summed E-state index contributed by atoms with van der Waals surface area (Å²) in [7, 11) is 0. The van der Waals surface area contributed by atoms with Crippen LogP contribution in [0.4, 0.5) is 35.5 Å². The molecule has 0 atom stereocenters. The summed E-state index contributed by atoms with van der Waals surface area (Å²) in [5, 5.41) is 19.7. The van der Waals surface area contributed by atoms with E-state index in [4.69, 9.17) is 30.9 Å². The smallest absolute Gasteiger partial charge is 0.422 e. The monoisotopic (exact) mass is 681 g/mol. The Hall–Kier alpha value is -4.57. The lowest BCUT2D eigenvalue weighted by Gasteiger charge is -2.39. The van der Waals surface area contributed by atoms with Gasteiger partial charge in [-0.15, -0.1) is 11.6 Å². The summed E-state index contributed by atoms with van der Waals surface area (Å²) in [6, 6.07) is 12.9. The molecule has 254 valence electrons. The number of halogens is 4. The lowest BCUT2D eigenvalue weighted by Crippen LogP contribution is -2.48. The van der Waals surface area contributed by atoms with Gasteiger partial charge in [-0.2, -0.15) is 28.1 Å². The second-order valence-electron chi connectivity index (χ2n) is 11.8. The number of aromatic nitrogens is 3. The highest BCUT2D eigenvalue weighted by molar-refractivity contribution is 6.18. The summed E-state index contributed by atoms with van der Waals surface area (Å²) in [6.07, 6.45) is -5.76. The number of amides is 2. The van der Waals surface area contributed by atoms with E-state index in [0.717, 1.165) is 5.56 Å². The van der Waals surface area contributed by atoms with Gasteiger partial charge in [0.25, 0.3) is 5.91 Å². The topological polar surface area (TPSA) is 169 Å². The minimum Gasteiger partial charge on any atom is -0.493 e. The molecule has 0 aliphatic carbocycles. The summed E-state index contributed by atoms with van der Waals surface area (Å²) in [4.78, 5) is 35.5. The molecular formula is C30H35ClF3N7O6. The zero-order valence-corrected chi connectivity index (χ0v) is 26.4. The van der Waals surface area contributed by atoms with Crippen molar-refractivity contribution in [2.45, 2.75) is 26.6 Å². The molecule has 17 heteroatoms. The largest absolute Gasteiger partial charge is 0.493 e. The SMILES string of the molecule is CC(C)(CNC(=O)O)CNC(=O)c1ccc(Nc2nc(NCc3ccc(OCC4(CCl)COC4)cc3)nc(OCC(F)(F)F)n2)cc1. The fraction of sp³-hybridized carbons (Fsp3) is 0.433. The van der Waals surface area contributed by atoms with E-state index in [0.29, 0.717) is 42.7 Å². The molecule has 3 aromatic rings. The quantitative estimate of drug-likeness (QED) is 0.131. The number of nitrogens with one attached hydrogen (secondary N) is 4. The van der Waals surface area contributed by atoms with Crippen LogP contribution < -0.4 is 30.7 Å². The van der Waals surface area contributed by atoms with Crippen LogP contribution >= 0.6 is 11.6 Å². The number of alkyl halides is 4. The Labute approximate surface area is 273 Å². The van der Waals surface area contributed by atoms with Crippen LogP contribution in [-0.4, -0.2) is 83.6 Å². The maximum atomic E-state index is 12.8. The number of nitrogens with zero attached hydrogens (tertiary/aromatic N) is 3. The van der Waals surface area contributed by atoms with Crippen molar-refractivity contribution >= 4 is 41.2 Å². The maximum absolute atomic E-state index is 12.8. The molecule has 5 N–H and O–H groups in total. The Bertz CT molecular complexity index is 1500. The van der Waals surface area contributed by atoms with Gasteiger partial charge in [0.15, 0.2) is 6.61 Å². The molecule has 1 aliphatic heterocycles. The van der Waals surface area contributed by atoms with E-state index in [1.54, 1.807) is 38.1 Å². The number of carbonyl (C=O) groups is 2. The lowest BCUT2D eigenvalue weighted by atomic mass is 9.90. The lowest BCUT2D eigenvalue weighted by molar-refractivity contribution is -0.154. The number of carboxylic acid groups (broad SMARTS) is 1. The summed E-state index contributed by atoms with van der Waals surface area (Å²) in [6.45, 7) is 4.14. The summed E-state index contributed by atoms with van der Waals surface area (Å²) >= 11 is 6.03. The van der Waals surface area contributed by atoms with Gasteiger partial charge >= 0.3 is 18.3 Å². The first-order chi connectivity index (χ1) is 22.2. The van der Waals surface area contributed by atoms with Crippen LogP contribution in [0.1, 0.15) is 29.8 Å². The predicted octanol–water partition coefficient (Wildman–Crippen LogP) is 4.83. The Balaban J connectivity index is 1.37. The number of carbonyl (C=O) groups excluding carboxylic acids is 1. The number of rotatable bonds is 16. The second-order valence-corrected chi connectivity index (χ2v) is 12.1. The average Bonchev–Trinajstić information content (AvgIpc) is 3.01. The highest BCUT2D eigenvalue weighted by atomic mass is 35.5. The van der Waals surface area contributed by atoms with Crippen molar-refractivity contribution < 1.29 is 42.1 Å². The van der Waals surface area contributed by atoms with E-state index < -0.39 is 30.3 Å². The molecule has 0 spiro atoms. The summed E-state index contributed by atoms with van der Waals surface area (Å²) in [5.74, 6) is 0.581. The van der Waals surface area contributed by atoms with Crippen molar-refractivity contribution in [2.24, 2.45) is 10.8 Å². The van der Waals surface area contributed by atoms with E-state index in [-0.39, 0.29) is 42.9 Å². The minimum atomic E-state index is -4.61. The summed E-state index contributed by atoms with van der Waals surface area (Å²) in [5.41, 5.74) is 0.877. The number of benzene rings is 2. The Kier molecular flexibility index (Phi) is 11.5. The standard InChI is InChI=1S/C30H35ClF3N7O6/c1-28(2,14-37-27(43)44)13-36-23(42)20-5-7-21(8-6-20)38-25-39-24(40-26(41-25)47-18-30(32,33)34)35-11-19-3-9-22(10-4-19)46-17-29(12-31)15-45-16-29/h3-10,37H,11-18H2,1-2H3,(H,36,42)(H,43,44)(H2,35,38,39,40,41). The first kappa shape index (κ1) is 35.3. The van der Waals surface area contributed by atoms with Gasteiger partial charge in [-0.05, 0) is 47.4 Å². The molecule has 1 fully saturated rings. The van der Waals surface area contributed by atoms with Gasteiger partial charge < -0.3 is 40.6 Å². The molecule has 13 nitrogen and oxygen atoms in total. The molecule has 2 heterocycles. The first-order valence-corrected chi connectivity index (χ1v) is 14.9. The third-order valence-electron chi connectivity index (χ3n) is 6.85. The molecule has 47 heavy (non-hydrogen) atoms. The van der Waals surface area contributed by atoms with E-state index >= 15 is 0 Å². The van der Waals surface area contributed by atoms with Crippen molar-refractivity contribution in [3.8, 4) is 11.8 Å². The minimum absolute atomic E-state index is 0.0370. The molecule has 4 rings (SSSR count). The number of anilines is 3. The highest BCUT2D eigenvalue weighted by Gasteiger charge is 2.38. The van der Waals surface area contributed by atoms with Gasteiger partial charge in [0.2, 0.25) is 11.9 Å². The second kappa shape index (κ2) is 15.3. The third-order valence-corrected chi connectivity index (χ3v) is 7.41. The van der Waals surface area contributed by atoms with Crippen LogP contribution in [0.5, 0.6) is 11.8 Å². The fourth-order valence-electron chi connectivity index (χ4n) is 4.05. The van der Waals surface area contributed by atoms with Crippen LogP contribution in [0.25, 0.3) is 0 Å². The zero-order chi connectivity index (χ0) is 34.1. The molecule has 0 unspecified atom stereocenters. The van der Waals surface area contributed by atoms with Gasteiger partial charge in [-0.3, -0.25) is 4.79 Å². The molecule has 1 aliphatic rings. The van der Waals surface area contributed by atoms with Crippen molar-refractivity contribution in [1.29, 1.82) is 0 Å². The Morgan fingerprint density at radius 3 is 2.21 bits per heavy atom. The van der Waals surface area contributed by atoms with Gasteiger partial charge in [0, 0.05) is 36.8 Å². The molecule has 0 radical (unpaired) electrons. The molecule has 1 saturated heterocycles. The third kappa shape index (κ3) is 11.3. The van der Waals surface area contributed by atoms with Crippen molar-refractivity contribution in [3.05, 3.63) is 59.7 Å². The predicted molar refractivity (Wildman–Crippen MR) is 166 cm³/mol. The molecule has 0 bridgehead atoms. The first-order valence-electron chi connectivity index (χ1n) is 14.4. The van der Waals surface area contributed by atoms with Crippen LogP contribution in [0.15, 0.2) is 48.5 Å². The Morgan fingerprint density at radius 2 is 1.62 bits per heavy atom. The van der Waals surface area contributed by atoms with E-state index in [1.807, 2.05) is 12.1 Å². The molecular weight excluding hydrogens is 647 g/mol. The van der Waals surface area contributed by atoms with Crippen molar-refractivity contribution in [3.63, 3.8) is 0 Å². The molecule has 2 amide bonds. The zero-order valence-electron chi connectivity index (χ0n) is 25.6. The van der Waals surface area contributed by atoms with Gasteiger partial charge in [-0.25, -0.2) is 4.79 Å². The fourth-order valence-corrected chi connectivity index (χ4v) is 4.28. The van der Waals surface area contributed by atoms with Crippen LogP contribution in [0.2, 0.25) is 0 Å². The van der Waals surface area contributed by atoms with E-state index in [1.165, 1.54) is 12.1 Å². The number of hydrogen-bond acceptors (Lipinski definition) is 10. The van der Waals surface area contributed by atoms with Gasteiger partial charge in [-0.1, -0.05) is 26.0 Å². The number of hydrogen-bond donors (Lipinski definition) is 5. The molecule has 2 aromatic carbocycles. The average molecular weight is 682 g/mol. The maximum Gasteiger partial charge on any atom is 0.422 e. The highest BCUT2D eigenvalue weighted by Crippen LogP contribution is 2.30. The van der Waals surface area contributed by atoms with Gasteiger partial charge in [0.1, 0.15) is 5.75 Å². The van der Waals surface area contributed by atoms with Crippen LogP contribution in [-0.2, 0) is 11.3 Å². The summed E-state index contributed by atoms with van der Waals surface area (Å²) < 4.78 is 54.4. The molecule has 1 aromatic heterocycles. The van der Waals surface area contributed by atoms with E-state index in [9.17, 15) is 22.8 Å². The normalized spacial score (nSPS) is 14.0.